The Labute approximate surface area is 152 Å². The van der Waals surface area contributed by atoms with E-state index < -0.39 is 0 Å². The molecule has 3 aromatic rings. The molecule has 0 fully saturated rings. The number of halogens is 1. The zero-order valence-corrected chi connectivity index (χ0v) is 15.2. The molecule has 0 bridgehead atoms. The van der Waals surface area contributed by atoms with Crippen LogP contribution in [0.2, 0.25) is 5.02 Å². The molecular formula is C16H14ClN3O2S2. The van der Waals surface area contributed by atoms with Crippen LogP contribution in [-0.4, -0.2) is 21.6 Å². The van der Waals surface area contributed by atoms with E-state index in [0.717, 1.165) is 33.7 Å². The maximum Gasteiger partial charge on any atom is 0.231 e. The van der Waals surface area contributed by atoms with Gasteiger partial charge in [0.2, 0.25) is 6.79 Å². The van der Waals surface area contributed by atoms with Gasteiger partial charge in [0.25, 0.3) is 0 Å². The largest absolute Gasteiger partial charge is 0.454 e. The van der Waals surface area contributed by atoms with Gasteiger partial charge in [0.05, 0.1) is 4.88 Å². The number of aromatic nitrogens is 3. The van der Waals surface area contributed by atoms with Gasteiger partial charge in [-0.1, -0.05) is 29.4 Å². The van der Waals surface area contributed by atoms with Crippen LogP contribution in [0.4, 0.5) is 0 Å². The number of ether oxygens (including phenoxy) is 2. The fourth-order valence-electron chi connectivity index (χ4n) is 2.48. The van der Waals surface area contributed by atoms with Gasteiger partial charge in [-0.15, -0.1) is 21.5 Å². The second kappa shape index (κ2) is 6.66. The summed E-state index contributed by atoms with van der Waals surface area (Å²) < 4.78 is 12.9. The zero-order chi connectivity index (χ0) is 16.5. The van der Waals surface area contributed by atoms with Crippen molar-refractivity contribution in [1.82, 2.24) is 14.8 Å². The van der Waals surface area contributed by atoms with Gasteiger partial charge in [-0.25, -0.2) is 0 Å². The van der Waals surface area contributed by atoms with Gasteiger partial charge in [0.15, 0.2) is 22.5 Å². The van der Waals surface area contributed by atoms with Crippen LogP contribution in [0, 0.1) is 0 Å². The molecule has 8 heteroatoms. The molecule has 0 radical (unpaired) electrons. The number of benzene rings is 1. The Morgan fingerprint density at radius 2 is 2.12 bits per heavy atom. The summed E-state index contributed by atoms with van der Waals surface area (Å²) >= 11 is 9.62. The number of hydrogen-bond donors (Lipinski definition) is 0. The van der Waals surface area contributed by atoms with E-state index in [4.69, 9.17) is 21.1 Å². The Hall–Kier alpha value is -1.70. The molecule has 124 valence electrons. The molecule has 1 aliphatic rings. The van der Waals surface area contributed by atoms with Crippen LogP contribution in [-0.2, 0) is 12.3 Å². The minimum atomic E-state index is 0.247. The molecule has 4 rings (SSSR count). The number of nitrogens with zero attached hydrogens (tertiary/aromatic N) is 3. The molecule has 0 N–H and O–H groups in total. The topological polar surface area (TPSA) is 49.2 Å². The van der Waals surface area contributed by atoms with Crippen molar-refractivity contribution >= 4 is 34.7 Å². The van der Waals surface area contributed by atoms with Crippen LogP contribution in [0.1, 0.15) is 12.5 Å². The summed E-state index contributed by atoms with van der Waals surface area (Å²) in [6.45, 7) is 3.16. The summed E-state index contributed by atoms with van der Waals surface area (Å²) in [7, 11) is 0. The van der Waals surface area contributed by atoms with E-state index in [2.05, 4.69) is 27.8 Å². The van der Waals surface area contributed by atoms with Gasteiger partial charge >= 0.3 is 0 Å². The van der Waals surface area contributed by atoms with Crippen LogP contribution in [0.25, 0.3) is 10.7 Å². The van der Waals surface area contributed by atoms with Gasteiger partial charge in [-0.3, -0.25) is 0 Å². The summed E-state index contributed by atoms with van der Waals surface area (Å²) in [6.07, 6.45) is 0. The van der Waals surface area contributed by atoms with E-state index in [0.29, 0.717) is 16.5 Å². The Bertz CT molecular complexity index is 865. The van der Waals surface area contributed by atoms with Gasteiger partial charge in [-0.2, -0.15) is 0 Å². The lowest BCUT2D eigenvalue weighted by Crippen LogP contribution is -1.99. The maximum atomic E-state index is 6.34. The van der Waals surface area contributed by atoms with E-state index >= 15 is 0 Å². The van der Waals surface area contributed by atoms with Crippen molar-refractivity contribution in [3.05, 3.63) is 40.2 Å². The van der Waals surface area contributed by atoms with Crippen molar-refractivity contribution in [2.45, 2.75) is 24.4 Å². The van der Waals surface area contributed by atoms with Gasteiger partial charge in [0, 0.05) is 23.4 Å². The monoisotopic (exact) mass is 379 g/mol. The quantitative estimate of drug-likeness (QED) is 0.601. The molecule has 5 nitrogen and oxygen atoms in total. The van der Waals surface area contributed by atoms with Crippen molar-refractivity contribution in [2.24, 2.45) is 0 Å². The fourth-order valence-corrected chi connectivity index (χ4v) is 4.49. The normalized spacial score (nSPS) is 12.8. The predicted octanol–water partition coefficient (Wildman–Crippen LogP) is 4.70. The third kappa shape index (κ3) is 2.87. The molecule has 2 aromatic heterocycles. The Kier molecular flexibility index (Phi) is 4.39. The van der Waals surface area contributed by atoms with E-state index in [-0.39, 0.29) is 6.79 Å². The van der Waals surface area contributed by atoms with Crippen molar-refractivity contribution in [3.8, 4) is 22.2 Å². The average molecular weight is 380 g/mol. The fraction of sp³-hybridized carbons (Fsp3) is 0.250. The number of fused-ring (bicyclic) bond motifs is 1. The van der Waals surface area contributed by atoms with Crippen LogP contribution in [0.5, 0.6) is 11.5 Å². The Balaban J connectivity index is 1.56. The molecule has 0 unspecified atom stereocenters. The second-order valence-corrected chi connectivity index (χ2v) is 7.41. The number of thioether (sulfide) groups is 1. The summed E-state index contributed by atoms with van der Waals surface area (Å²) in [6, 6.07) is 7.82. The minimum absolute atomic E-state index is 0.247. The summed E-state index contributed by atoms with van der Waals surface area (Å²) in [5.74, 6) is 3.04. The van der Waals surface area contributed by atoms with Crippen LogP contribution >= 0.6 is 34.7 Å². The molecular weight excluding hydrogens is 366 g/mol. The molecule has 0 aliphatic carbocycles. The van der Waals surface area contributed by atoms with Gasteiger partial charge in [-0.05, 0) is 30.0 Å². The SMILES string of the molecule is CCn1c(SCc2cc3c(cc2Cl)OCO3)nnc1-c1cccs1. The standard InChI is InChI=1S/C16H14ClN3O2S2/c1-2-20-15(14-4-3-5-23-14)18-19-16(20)24-8-10-6-12-13(7-11(10)17)22-9-21-12/h3-7H,2,8-9H2,1H3. The molecule has 3 heterocycles. The first-order chi connectivity index (χ1) is 11.8. The Morgan fingerprint density at radius 3 is 2.88 bits per heavy atom. The molecule has 0 amide bonds. The van der Waals surface area contributed by atoms with E-state index in [9.17, 15) is 0 Å². The van der Waals surface area contributed by atoms with Crippen molar-refractivity contribution < 1.29 is 9.47 Å². The second-order valence-electron chi connectivity index (χ2n) is 5.11. The number of rotatable bonds is 5. The van der Waals surface area contributed by atoms with Gasteiger partial charge < -0.3 is 14.0 Å². The summed E-state index contributed by atoms with van der Waals surface area (Å²) in [5, 5.41) is 12.3. The predicted molar refractivity (Wildman–Crippen MR) is 96.1 cm³/mol. The summed E-state index contributed by atoms with van der Waals surface area (Å²) in [5.41, 5.74) is 0.995. The first-order valence-corrected chi connectivity index (χ1v) is 9.68. The third-order valence-corrected chi connectivity index (χ3v) is 5.91. The molecule has 0 saturated heterocycles. The first-order valence-electron chi connectivity index (χ1n) is 7.44. The van der Waals surface area contributed by atoms with Crippen molar-refractivity contribution in [1.29, 1.82) is 0 Å². The molecule has 0 saturated carbocycles. The first kappa shape index (κ1) is 15.8. The van der Waals surface area contributed by atoms with Crippen molar-refractivity contribution in [2.75, 3.05) is 6.79 Å². The highest BCUT2D eigenvalue weighted by Gasteiger charge is 2.18. The average Bonchev–Trinajstić information content (AvgIpc) is 3.31. The van der Waals surface area contributed by atoms with Crippen molar-refractivity contribution in [3.63, 3.8) is 0 Å². The van der Waals surface area contributed by atoms with E-state index in [1.54, 1.807) is 29.2 Å². The van der Waals surface area contributed by atoms with Crippen LogP contribution in [0.15, 0.2) is 34.8 Å². The smallest absolute Gasteiger partial charge is 0.231 e. The number of thiophene rings is 1. The van der Waals surface area contributed by atoms with E-state index in [1.807, 2.05) is 17.5 Å². The zero-order valence-electron chi connectivity index (χ0n) is 12.9. The number of hydrogen-bond acceptors (Lipinski definition) is 6. The third-order valence-electron chi connectivity index (χ3n) is 3.67. The van der Waals surface area contributed by atoms with Gasteiger partial charge in [0.1, 0.15) is 0 Å². The molecule has 0 atom stereocenters. The lowest BCUT2D eigenvalue weighted by Gasteiger charge is -2.08. The molecule has 1 aromatic carbocycles. The molecule has 0 spiro atoms. The van der Waals surface area contributed by atoms with E-state index in [1.165, 1.54) is 0 Å². The minimum Gasteiger partial charge on any atom is -0.454 e. The lowest BCUT2D eigenvalue weighted by molar-refractivity contribution is 0.174. The van der Waals surface area contributed by atoms with Crippen LogP contribution < -0.4 is 9.47 Å². The highest BCUT2D eigenvalue weighted by Crippen LogP contribution is 2.39. The highest BCUT2D eigenvalue weighted by atomic mass is 35.5. The summed E-state index contributed by atoms with van der Waals surface area (Å²) in [4.78, 5) is 1.12. The van der Waals surface area contributed by atoms with Crippen LogP contribution in [0.3, 0.4) is 0 Å². The lowest BCUT2D eigenvalue weighted by atomic mass is 10.2. The molecule has 1 aliphatic heterocycles. The maximum absolute atomic E-state index is 6.34. The Morgan fingerprint density at radius 1 is 1.29 bits per heavy atom. The molecule has 24 heavy (non-hydrogen) atoms. The highest BCUT2D eigenvalue weighted by molar-refractivity contribution is 7.98.